The molecule has 1 saturated carbocycles. The van der Waals surface area contributed by atoms with Gasteiger partial charge in [-0.1, -0.05) is 20.8 Å². The third-order valence-electron chi connectivity index (χ3n) is 4.26. The molecule has 0 aromatic carbocycles. The Balaban J connectivity index is 2.59. The van der Waals surface area contributed by atoms with Crippen LogP contribution in [0.5, 0.6) is 0 Å². The van der Waals surface area contributed by atoms with Crippen molar-refractivity contribution in [1.29, 1.82) is 0 Å². The highest BCUT2D eigenvalue weighted by Crippen LogP contribution is 2.42. The summed E-state index contributed by atoms with van der Waals surface area (Å²) < 4.78 is 0. The molecule has 0 amide bonds. The van der Waals surface area contributed by atoms with Crippen molar-refractivity contribution in [2.75, 3.05) is 0 Å². The molecule has 16 heavy (non-hydrogen) atoms. The van der Waals surface area contributed by atoms with Gasteiger partial charge in [0.2, 0.25) is 0 Å². The van der Waals surface area contributed by atoms with Crippen molar-refractivity contribution in [3.8, 4) is 0 Å². The number of hydrogen-bond donors (Lipinski definition) is 2. The largest absolute Gasteiger partial charge is 0.480 e. The first-order chi connectivity index (χ1) is 7.15. The Morgan fingerprint density at radius 3 is 1.75 bits per heavy atom. The molecule has 0 spiro atoms. The van der Waals surface area contributed by atoms with Gasteiger partial charge in [-0.15, -0.1) is 0 Å². The molecule has 0 heterocycles. The average molecular weight is 227 g/mol. The molecule has 1 aliphatic rings. The van der Waals surface area contributed by atoms with Crippen LogP contribution in [0.25, 0.3) is 0 Å². The van der Waals surface area contributed by atoms with E-state index in [4.69, 9.17) is 10.8 Å². The predicted molar refractivity (Wildman–Crippen MR) is 65.1 cm³/mol. The number of carboxylic acids is 1. The lowest BCUT2D eigenvalue weighted by Gasteiger charge is -2.40. The Kier molecular flexibility index (Phi) is 3.68. The van der Waals surface area contributed by atoms with Crippen molar-refractivity contribution >= 4 is 5.97 Å². The number of hydrogen-bond acceptors (Lipinski definition) is 2. The number of aliphatic carboxylic acids is 1. The summed E-state index contributed by atoms with van der Waals surface area (Å²) >= 11 is 0. The summed E-state index contributed by atoms with van der Waals surface area (Å²) in [6.07, 6.45) is 4.10. The minimum Gasteiger partial charge on any atom is -0.480 e. The van der Waals surface area contributed by atoms with E-state index in [0.717, 1.165) is 25.7 Å². The third-order valence-corrected chi connectivity index (χ3v) is 4.26. The van der Waals surface area contributed by atoms with Crippen molar-refractivity contribution in [3.05, 3.63) is 0 Å². The second kappa shape index (κ2) is 4.36. The molecule has 0 aromatic heterocycles. The maximum absolute atomic E-state index is 11.1. The van der Waals surface area contributed by atoms with E-state index < -0.39 is 11.5 Å². The van der Waals surface area contributed by atoms with Crippen LogP contribution in [0.1, 0.15) is 53.4 Å². The van der Waals surface area contributed by atoms with E-state index in [1.165, 1.54) is 0 Å². The van der Waals surface area contributed by atoms with Gasteiger partial charge in [0.25, 0.3) is 0 Å². The Labute approximate surface area is 98.4 Å². The lowest BCUT2D eigenvalue weighted by atomic mass is 9.66. The molecule has 3 nitrogen and oxygen atoms in total. The molecule has 0 bridgehead atoms. The SMILES string of the molecule is CC(C)(C)C1CCC([C@](C)(N)C(=O)O)CC1. The van der Waals surface area contributed by atoms with E-state index in [1.54, 1.807) is 6.92 Å². The smallest absolute Gasteiger partial charge is 0.323 e. The summed E-state index contributed by atoms with van der Waals surface area (Å²) in [5.74, 6) is -0.0383. The van der Waals surface area contributed by atoms with Crippen LogP contribution in [-0.2, 0) is 4.79 Å². The summed E-state index contributed by atoms with van der Waals surface area (Å²) in [7, 11) is 0. The van der Waals surface area contributed by atoms with Crippen LogP contribution >= 0.6 is 0 Å². The van der Waals surface area contributed by atoms with Gasteiger partial charge in [-0.3, -0.25) is 4.79 Å². The molecule has 1 atom stereocenters. The minimum absolute atomic E-state index is 0.128. The Morgan fingerprint density at radius 1 is 1.06 bits per heavy atom. The van der Waals surface area contributed by atoms with Crippen molar-refractivity contribution in [3.63, 3.8) is 0 Å². The van der Waals surface area contributed by atoms with Gasteiger partial charge in [0.15, 0.2) is 0 Å². The molecule has 0 radical (unpaired) electrons. The fraction of sp³-hybridized carbons (Fsp3) is 0.923. The fourth-order valence-electron chi connectivity index (χ4n) is 2.73. The van der Waals surface area contributed by atoms with Gasteiger partial charge in [0.1, 0.15) is 5.54 Å². The Bertz CT molecular complexity index is 258. The van der Waals surface area contributed by atoms with Gasteiger partial charge in [-0.05, 0) is 49.9 Å². The fourth-order valence-corrected chi connectivity index (χ4v) is 2.73. The first-order valence-corrected chi connectivity index (χ1v) is 6.18. The Hall–Kier alpha value is -0.570. The Morgan fingerprint density at radius 2 is 1.44 bits per heavy atom. The van der Waals surface area contributed by atoms with Gasteiger partial charge in [-0.25, -0.2) is 0 Å². The number of carboxylic acid groups (broad SMARTS) is 1. The summed E-state index contributed by atoms with van der Waals surface area (Å²) in [6.45, 7) is 8.43. The van der Waals surface area contributed by atoms with Crippen LogP contribution in [0.4, 0.5) is 0 Å². The number of carbonyl (C=O) groups is 1. The quantitative estimate of drug-likeness (QED) is 0.762. The summed E-state index contributed by atoms with van der Waals surface area (Å²) in [4.78, 5) is 11.1. The van der Waals surface area contributed by atoms with Gasteiger partial charge in [-0.2, -0.15) is 0 Å². The molecule has 0 aliphatic heterocycles. The van der Waals surface area contributed by atoms with E-state index >= 15 is 0 Å². The summed E-state index contributed by atoms with van der Waals surface area (Å²) in [5.41, 5.74) is 5.17. The molecule has 3 heteroatoms. The van der Waals surface area contributed by atoms with E-state index in [1.807, 2.05) is 0 Å². The standard InChI is InChI=1S/C13H25NO2/c1-12(2,3)9-5-7-10(8-6-9)13(4,14)11(15)16/h9-10H,5-8,14H2,1-4H3,(H,15,16)/t9?,10?,13-/m0/s1. The van der Waals surface area contributed by atoms with Crippen molar-refractivity contribution in [1.82, 2.24) is 0 Å². The van der Waals surface area contributed by atoms with E-state index in [0.29, 0.717) is 11.3 Å². The first kappa shape index (κ1) is 13.5. The van der Waals surface area contributed by atoms with E-state index in [2.05, 4.69) is 20.8 Å². The third kappa shape index (κ3) is 2.76. The van der Waals surface area contributed by atoms with Gasteiger partial charge in [0.05, 0.1) is 0 Å². The van der Waals surface area contributed by atoms with Crippen LogP contribution < -0.4 is 5.73 Å². The van der Waals surface area contributed by atoms with E-state index in [9.17, 15) is 4.79 Å². The zero-order valence-corrected chi connectivity index (χ0v) is 10.9. The van der Waals surface area contributed by atoms with Gasteiger partial charge >= 0.3 is 5.97 Å². The van der Waals surface area contributed by atoms with E-state index in [-0.39, 0.29) is 5.92 Å². The maximum atomic E-state index is 11.1. The molecular formula is C13H25NO2. The van der Waals surface area contributed by atoms with Crippen LogP contribution in [0, 0.1) is 17.3 Å². The van der Waals surface area contributed by atoms with Crippen LogP contribution in [0.15, 0.2) is 0 Å². The van der Waals surface area contributed by atoms with Gasteiger partial charge < -0.3 is 10.8 Å². The molecule has 0 saturated heterocycles. The lowest BCUT2D eigenvalue weighted by molar-refractivity contribution is -0.145. The zero-order valence-electron chi connectivity index (χ0n) is 10.9. The normalized spacial score (nSPS) is 30.8. The lowest BCUT2D eigenvalue weighted by Crippen LogP contribution is -2.52. The predicted octanol–water partition coefficient (Wildman–Crippen LogP) is 2.64. The topological polar surface area (TPSA) is 63.3 Å². The van der Waals surface area contributed by atoms with Crippen LogP contribution in [-0.4, -0.2) is 16.6 Å². The molecule has 0 aromatic rings. The number of rotatable bonds is 2. The van der Waals surface area contributed by atoms with Crippen molar-refractivity contribution in [2.24, 2.45) is 23.0 Å². The molecule has 1 rings (SSSR count). The summed E-state index contributed by atoms with van der Waals surface area (Å²) in [5, 5.41) is 9.09. The molecular weight excluding hydrogens is 202 g/mol. The zero-order chi connectivity index (χ0) is 12.6. The molecule has 0 unspecified atom stereocenters. The summed E-state index contributed by atoms with van der Waals surface area (Å²) in [6, 6.07) is 0. The minimum atomic E-state index is -1.05. The molecule has 1 fully saturated rings. The molecule has 94 valence electrons. The highest BCUT2D eigenvalue weighted by molar-refractivity contribution is 5.78. The first-order valence-electron chi connectivity index (χ1n) is 6.18. The van der Waals surface area contributed by atoms with Crippen molar-refractivity contribution in [2.45, 2.75) is 58.9 Å². The molecule has 1 aliphatic carbocycles. The average Bonchev–Trinajstić information content (AvgIpc) is 2.16. The highest BCUT2D eigenvalue weighted by atomic mass is 16.4. The second-order valence-corrected chi connectivity index (χ2v) is 6.50. The van der Waals surface area contributed by atoms with Crippen LogP contribution in [0.2, 0.25) is 0 Å². The van der Waals surface area contributed by atoms with Gasteiger partial charge in [0, 0.05) is 0 Å². The monoisotopic (exact) mass is 227 g/mol. The van der Waals surface area contributed by atoms with Crippen LogP contribution in [0.3, 0.4) is 0 Å². The highest BCUT2D eigenvalue weighted by Gasteiger charge is 2.41. The van der Waals surface area contributed by atoms with Crippen molar-refractivity contribution < 1.29 is 9.90 Å². The number of nitrogens with two attached hydrogens (primary N) is 1. The molecule has 3 N–H and O–H groups in total. The maximum Gasteiger partial charge on any atom is 0.323 e. The second-order valence-electron chi connectivity index (χ2n) is 6.50.